The lowest BCUT2D eigenvalue weighted by Gasteiger charge is -2.13. The van der Waals surface area contributed by atoms with Gasteiger partial charge in [0.2, 0.25) is 0 Å². The molecule has 0 fully saturated rings. The van der Waals surface area contributed by atoms with Crippen LogP contribution in [0.3, 0.4) is 0 Å². The minimum Gasteiger partial charge on any atom is -0.309 e. The molecule has 0 aromatic carbocycles. The Morgan fingerprint density at radius 2 is 2.62 bits per heavy atom. The van der Waals surface area contributed by atoms with E-state index in [1.807, 2.05) is 17.8 Å². The van der Waals surface area contributed by atoms with Crippen LogP contribution in [0.5, 0.6) is 0 Å². The first-order chi connectivity index (χ1) is 6.38. The highest BCUT2D eigenvalue weighted by Gasteiger charge is 2.09. The summed E-state index contributed by atoms with van der Waals surface area (Å²) < 4.78 is 0. The van der Waals surface area contributed by atoms with Gasteiger partial charge < -0.3 is 5.32 Å². The smallest absolute Gasteiger partial charge is 0.0794 e. The Kier molecular flexibility index (Phi) is 4.72. The molecule has 0 radical (unpaired) electrons. The Morgan fingerprint density at radius 3 is 3.15 bits per heavy atom. The van der Waals surface area contributed by atoms with Gasteiger partial charge in [0.15, 0.2) is 0 Å². The predicted molar refractivity (Wildman–Crippen MR) is 58.0 cm³/mol. The average Bonchev–Trinajstić information content (AvgIpc) is 2.65. The molecule has 0 aliphatic carbocycles. The summed E-state index contributed by atoms with van der Waals surface area (Å²) in [4.78, 5) is 5.38. The number of thiazole rings is 1. The molecule has 1 unspecified atom stereocenters. The second-order valence-corrected chi connectivity index (χ2v) is 3.85. The molecule has 1 atom stereocenters. The van der Waals surface area contributed by atoms with E-state index in [4.69, 9.17) is 0 Å². The molecule has 1 heterocycles. The third-order valence-corrected chi connectivity index (χ3v) is 2.73. The third kappa shape index (κ3) is 3.28. The summed E-state index contributed by atoms with van der Waals surface area (Å²) >= 11 is 1.70. The molecule has 1 rings (SSSR count). The summed E-state index contributed by atoms with van der Waals surface area (Å²) in [7, 11) is 0. The fraction of sp³-hybridized carbons (Fsp3) is 0.500. The molecule has 0 aliphatic rings. The maximum Gasteiger partial charge on any atom is 0.0794 e. The van der Waals surface area contributed by atoms with Crippen molar-refractivity contribution in [3.05, 3.63) is 29.2 Å². The van der Waals surface area contributed by atoms with Crippen LogP contribution < -0.4 is 5.32 Å². The average molecular weight is 196 g/mol. The number of aromatic nitrogens is 1. The highest BCUT2D eigenvalue weighted by atomic mass is 32.1. The van der Waals surface area contributed by atoms with Gasteiger partial charge in [-0.15, -0.1) is 17.9 Å². The minimum atomic E-state index is 0.407. The van der Waals surface area contributed by atoms with Gasteiger partial charge in [-0.2, -0.15) is 0 Å². The molecule has 0 bridgehead atoms. The van der Waals surface area contributed by atoms with Crippen molar-refractivity contribution in [3.63, 3.8) is 0 Å². The van der Waals surface area contributed by atoms with Crippen molar-refractivity contribution in [3.8, 4) is 0 Å². The van der Waals surface area contributed by atoms with Gasteiger partial charge in [0.1, 0.15) is 0 Å². The van der Waals surface area contributed by atoms with E-state index in [0.717, 1.165) is 19.4 Å². The standard InChI is InChI=1S/C10H16N2S/c1-3-5-9(12-6-4-2)10-7-11-8-13-10/h3,7-9,12H,1,4-6H2,2H3. The molecule has 13 heavy (non-hydrogen) atoms. The summed E-state index contributed by atoms with van der Waals surface area (Å²) in [6, 6.07) is 0.407. The molecule has 0 saturated heterocycles. The third-order valence-electron chi connectivity index (χ3n) is 1.84. The van der Waals surface area contributed by atoms with Gasteiger partial charge in [-0.25, -0.2) is 0 Å². The number of hydrogen-bond acceptors (Lipinski definition) is 3. The van der Waals surface area contributed by atoms with Crippen LogP contribution in [0.1, 0.15) is 30.7 Å². The topological polar surface area (TPSA) is 24.9 Å². The quantitative estimate of drug-likeness (QED) is 0.708. The van der Waals surface area contributed by atoms with Crippen LogP contribution in [-0.2, 0) is 0 Å². The normalized spacial score (nSPS) is 12.7. The summed E-state index contributed by atoms with van der Waals surface area (Å²) in [6.07, 6.45) is 6.02. The van der Waals surface area contributed by atoms with E-state index in [1.54, 1.807) is 11.3 Å². The number of hydrogen-bond donors (Lipinski definition) is 1. The fourth-order valence-corrected chi connectivity index (χ4v) is 1.89. The lowest BCUT2D eigenvalue weighted by Crippen LogP contribution is -2.20. The van der Waals surface area contributed by atoms with Crippen molar-refractivity contribution in [2.75, 3.05) is 6.54 Å². The number of nitrogens with one attached hydrogen (secondary N) is 1. The monoisotopic (exact) mass is 196 g/mol. The zero-order valence-electron chi connectivity index (χ0n) is 7.99. The van der Waals surface area contributed by atoms with Crippen molar-refractivity contribution in [2.24, 2.45) is 0 Å². The molecule has 0 saturated carbocycles. The van der Waals surface area contributed by atoms with Gasteiger partial charge in [-0.05, 0) is 19.4 Å². The number of rotatable bonds is 6. The van der Waals surface area contributed by atoms with E-state index >= 15 is 0 Å². The molecular weight excluding hydrogens is 180 g/mol. The van der Waals surface area contributed by atoms with Gasteiger partial charge in [0.05, 0.1) is 5.51 Å². The van der Waals surface area contributed by atoms with Crippen LogP contribution in [0.15, 0.2) is 24.4 Å². The minimum absolute atomic E-state index is 0.407. The van der Waals surface area contributed by atoms with E-state index in [0.29, 0.717) is 6.04 Å². The molecule has 1 aromatic rings. The van der Waals surface area contributed by atoms with E-state index in [9.17, 15) is 0 Å². The second-order valence-electron chi connectivity index (χ2n) is 2.93. The highest BCUT2D eigenvalue weighted by Crippen LogP contribution is 2.20. The molecule has 0 amide bonds. The molecule has 72 valence electrons. The van der Waals surface area contributed by atoms with Crippen LogP contribution in [-0.4, -0.2) is 11.5 Å². The molecule has 1 aromatic heterocycles. The maximum absolute atomic E-state index is 4.08. The van der Waals surface area contributed by atoms with Crippen LogP contribution >= 0.6 is 11.3 Å². The molecular formula is C10H16N2S. The first-order valence-corrected chi connectivity index (χ1v) is 5.49. The van der Waals surface area contributed by atoms with E-state index in [-0.39, 0.29) is 0 Å². The molecule has 1 N–H and O–H groups in total. The fourth-order valence-electron chi connectivity index (χ4n) is 1.18. The summed E-state index contributed by atoms with van der Waals surface area (Å²) in [5.74, 6) is 0. The first kappa shape index (κ1) is 10.4. The van der Waals surface area contributed by atoms with Crippen LogP contribution in [0, 0.1) is 0 Å². The Labute approximate surface area is 83.7 Å². The Morgan fingerprint density at radius 1 is 1.77 bits per heavy atom. The van der Waals surface area contributed by atoms with Gasteiger partial charge in [0, 0.05) is 17.1 Å². The van der Waals surface area contributed by atoms with Gasteiger partial charge >= 0.3 is 0 Å². The first-order valence-electron chi connectivity index (χ1n) is 4.61. The van der Waals surface area contributed by atoms with Crippen LogP contribution in [0.2, 0.25) is 0 Å². The van der Waals surface area contributed by atoms with E-state index in [1.165, 1.54) is 4.88 Å². The molecule has 0 aliphatic heterocycles. The largest absolute Gasteiger partial charge is 0.309 e. The highest BCUT2D eigenvalue weighted by molar-refractivity contribution is 7.09. The molecule has 3 heteroatoms. The summed E-state index contributed by atoms with van der Waals surface area (Å²) in [5, 5.41) is 3.47. The maximum atomic E-state index is 4.08. The predicted octanol–water partition coefficient (Wildman–Crippen LogP) is 2.76. The molecule has 2 nitrogen and oxygen atoms in total. The van der Waals surface area contributed by atoms with E-state index in [2.05, 4.69) is 23.8 Å². The van der Waals surface area contributed by atoms with Crippen molar-refractivity contribution in [1.29, 1.82) is 0 Å². The Hall–Kier alpha value is -0.670. The van der Waals surface area contributed by atoms with Crippen molar-refractivity contribution in [1.82, 2.24) is 10.3 Å². The van der Waals surface area contributed by atoms with Crippen LogP contribution in [0.4, 0.5) is 0 Å². The zero-order valence-corrected chi connectivity index (χ0v) is 8.81. The number of nitrogens with zero attached hydrogens (tertiary/aromatic N) is 1. The van der Waals surface area contributed by atoms with Crippen molar-refractivity contribution >= 4 is 11.3 Å². The van der Waals surface area contributed by atoms with Gasteiger partial charge in [-0.3, -0.25) is 4.98 Å². The van der Waals surface area contributed by atoms with Crippen LogP contribution in [0.25, 0.3) is 0 Å². The lowest BCUT2D eigenvalue weighted by molar-refractivity contribution is 0.544. The van der Waals surface area contributed by atoms with Crippen molar-refractivity contribution < 1.29 is 0 Å². The Balaban J connectivity index is 2.51. The van der Waals surface area contributed by atoms with E-state index < -0.39 is 0 Å². The van der Waals surface area contributed by atoms with Gasteiger partial charge in [0.25, 0.3) is 0 Å². The molecule has 0 spiro atoms. The lowest BCUT2D eigenvalue weighted by atomic mass is 10.2. The Bertz CT molecular complexity index is 231. The van der Waals surface area contributed by atoms with Gasteiger partial charge in [-0.1, -0.05) is 13.0 Å². The van der Waals surface area contributed by atoms with Crippen molar-refractivity contribution in [2.45, 2.75) is 25.8 Å². The SMILES string of the molecule is C=CCC(NCCC)c1cncs1. The zero-order chi connectivity index (χ0) is 9.52. The summed E-state index contributed by atoms with van der Waals surface area (Å²) in [6.45, 7) is 6.99. The summed E-state index contributed by atoms with van der Waals surface area (Å²) in [5.41, 5.74) is 1.87. The second kappa shape index (κ2) is 5.89.